The van der Waals surface area contributed by atoms with Crippen LogP contribution >= 0.6 is 0 Å². The molecule has 0 aliphatic heterocycles. The molecule has 24 heavy (non-hydrogen) atoms. The van der Waals surface area contributed by atoms with E-state index in [0.717, 1.165) is 16.6 Å². The van der Waals surface area contributed by atoms with E-state index in [1.165, 1.54) is 0 Å². The molecule has 3 aromatic heterocycles. The molecule has 0 fully saturated rings. The molecule has 0 bridgehead atoms. The van der Waals surface area contributed by atoms with Crippen LogP contribution in [-0.4, -0.2) is 30.9 Å². The number of para-hydroxylation sites is 1. The standard InChI is InChI=1S/C17H14N6O/c24-17(15-10-19-16-6-2-1-5-14(15)16)20-8-12-11-23(22-21-12)13-4-3-7-18-9-13/h1-7,9-11,19H,8H2,(H,20,24). The van der Waals surface area contributed by atoms with Gasteiger partial charge < -0.3 is 10.3 Å². The number of carbonyl (C=O) groups excluding carboxylic acids is 1. The number of nitrogens with zero attached hydrogens (tertiary/aromatic N) is 4. The molecular formula is C17H14N6O. The van der Waals surface area contributed by atoms with Crippen LogP contribution in [0.1, 0.15) is 16.1 Å². The van der Waals surface area contributed by atoms with E-state index >= 15 is 0 Å². The minimum Gasteiger partial charge on any atom is -0.360 e. The number of H-pyrrole nitrogens is 1. The van der Waals surface area contributed by atoms with Gasteiger partial charge in [-0.2, -0.15) is 0 Å². The molecule has 118 valence electrons. The van der Waals surface area contributed by atoms with E-state index in [9.17, 15) is 4.79 Å². The van der Waals surface area contributed by atoms with Crippen LogP contribution in [0.15, 0.2) is 61.2 Å². The van der Waals surface area contributed by atoms with E-state index in [4.69, 9.17) is 0 Å². The maximum Gasteiger partial charge on any atom is 0.253 e. The van der Waals surface area contributed by atoms with Crippen LogP contribution in [0.3, 0.4) is 0 Å². The number of hydrogen-bond donors (Lipinski definition) is 2. The van der Waals surface area contributed by atoms with Crippen LogP contribution in [0.4, 0.5) is 0 Å². The highest BCUT2D eigenvalue weighted by Crippen LogP contribution is 2.17. The van der Waals surface area contributed by atoms with Crippen molar-refractivity contribution in [2.45, 2.75) is 6.54 Å². The second-order valence-electron chi connectivity index (χ2n) is 5.30. The Morgan fingerprint density at radius 1 is 1.21 bits per heavy atom. The van der Waals surface area contributed by atoms with Crippen LogP contribution in [0.2, 0.25) is 0 Å². The number of amides is 1. The summed E-state index contributed by atoms with van der Waals surface area (Å²) in [4.78, 5) is 19.5. The van der Waals surface area contributed by atoms with Gasteiger partial charge in [0.2, 0.25) is 0 Å². The Bertz CT molecular complexity index is 988. The summed E-state index contributed by atoms with van der Waals surface area (Å²) in [5, 5.41) is 11.9. The lowest BCUT2D eigenvalue weighted by atomic mass is 10.1. The normalized spacial score (nSPS) is 10.8. The van der Waals surface area contributed by atoms with Crippen LogP contribution in [0.5, 0.6) is 0 Å². The average Bonchev–Trinajstić information content (AvgIpc) is 3.27. The number of nitrogens with one attached hydrogen (secondary N) is 2. The van der Waals surface area contributed by atoms with Gasteiger partial charge in [0.15, 0.2) is 0 Å². The first-order valence-corrected chi connectivity index (χ1v) is 7.47. The zero-order chi connectivity index (χ0) is 16.4. The lowest BCUT2D eigenvalue weighted by Crippen LogP contribution is -2.22. The van der Waals surface area contributed by atoms with Gasteiger partial charge in [-0.05, 0) is 18.2 Å². The number of rotatable bonds is 4. The minimum absolute atomic E-state index is 0.150. The number of hydrogen-bond acceptors (Lipinski definition) is 4. The third-order valence-electron chi connectivity index (χ3n) is 3.72. The van der Waals surface area contributed by atoms with Crippen molar-refractivity contribution in [3.05, 3.63) is 72.4 Å². The molecule has 0 saturated heterocycles. The minimum atomic E-state index is -0.150. The largest absolute Gasteiger partial charge is 0.360 e. The number of aromatic amines is 1. The summed E-state index contributed by atoms with van der Waals surface area (Å²) in [6.07, 6.45) is 6.88. The number of aromatic nitrogens is 5. The van der Waals surface area contributed by atoms with E-state index in [2.05, 4.69) is 25.6 Å². The molecule has 1 aromatic carbocycles. The molecule has 0 spiro atoms. The van der Waals surface area contributed by atoms with Crippen LogP contribution in [0.25, 0.3) is 16.6 Å². The van der Waals surface area contributed by atoms with Gasteiger partial charge in [0, 0.05) is 23.3 Å². The Hall–Kier alpha value is -3.48. The molecule has 0 unspecified atom stereocenters. The Kier molecular flexibility index (Phi) is 3.51. The molecule has 3 heterocycles. The topological polar surface area (TPSA) is 88.5 Å². The van der Waals surface area contributed by atoms with Crippen LogP contribution < -0.4 is 5.32 Å². The molecule has 0 aliphatic rings. The van der Waals surface area contributed by atoms with E-state index in [0.29, 0.717) is 17.8 Å². The lowest BCUT2D eigenvalue weighted by molar-refractivity contribution is 0.0952. The summed E-state index contributed by atoms with van der Waals surface area (Å²) in [5.41, 5.74) is 3.04. The van der Waals surface area contributed by atoms with Crippen molar-refractivity contribution in [3.8, 4) is 5.69 Å². The Balaban J connectivity index is 1.47. The van der Waals surface area contributed by atoms with Crippen molar-refractivity contribution in [1.82, 2.24) is 30.3 Å². The van der Waals surface area contributed by atoms with Gasteiger partial charge in [-0.3, -0.25) is 9.78 Å². The maximum atomic E-state index is 12.4. The monoisotopic (exact) mass is 318 g/mol. The van der Waals surface area contributed by atoms with E-state index in [-0.39, 0.29) is 5.91 Å². The summed E-state index contributed by atoms with van der Waals surface area (Å²) in [6, 6.07) is 11.4. The van der Waals surface area contributed by atoms with Gasteiger partial charge in [0.25, 0.3) is 5.91 Å². The first-order chi connectivity index (χ1) is 11.8. The summed E-state index contributed by atoms with van der Waals surface area (Å²) in [6.45, 7) is 0.304. The van der Waals surface area contributed by atoms with Gasteiger partial charge in [0.1, 0.15) is 5.69 Å². The zero-order valence-electron chi connectivity index (χ0n) is 12.7. The molecule has 0 aliphatic carbocycles. The van der Waals surface area contributed by atoms with E-state index in [1.54, 1.807) is 29.5 Å². The molecule has 0 atom stereocenters. The number of benzene rings is 1. The summed E-state index contributed by atoms with van der Waals surface area (Å²) >= 11 is 0. The van der Waals surface area contributed by atoms with Gasteiger partial charge >= 0.3 is 0 Å². The Labute approximate surface area is 137 Å². The van der Waals surface area contributed by atoms with Crippen molar-refractivity contribution in [2.75, 3.05) is 0 Å². The highest BCUT2D eigenvalue weighted by atomic mass is 16.1. The smallest absolute Gasteiger partial charge is 0.253 e. The molecule has 4 rings (SSSR count). The van der Waals surface area contributed by atoms with Crippen molar-refractivity contribution in [1.29, 1.82) is 0 Å². The number of fused-ring (bicyclic) bond motifs is 1. The fraction of sp³-hybridized carbons (Fsp3) is 0.0588. The molecule has 1 amide bonds. The first-order valence-electron chi connectivity index (χ1n) is 7.47. The summed E-state index contributed by atoms with van der Waals surface area (Å²) < 4.78 is 1.63. The van der Waals surface area contributed by atoms with E-state index in [1.807, 2.05) is 36.4 Å². The lowest BCUT2D eigenvalue weighted by Gasteiger charge is -2.01. The number of carbonyl (C=O) groups is 1. The SMILES string of the molecule is O=C(NCc1cn(-c2cccnc2)nn1)c1c[nH]c2ccccc12. The van der Waals surface area contributed by atoms with Gasteiger partial charge in [-0.15, -0.1) is 5.10 Å². The molecule has 7 heteroatoms. The third-order valence-corrected chi connectivity index (χ3v) is 3.72. The van der Waals surface area contributed by atoms with E-state index < -0.39 is 0 Å². The van der Waals surface area contributed by atoms with Crippen molar-refractivity contribution in [3.63, 3.8) is 0 Å². The average molecular weight is 318 g/mol. The van der Waals surface area contributed by atoms with Crippen molar-refractivity contribution < 1.29 is 4.79 Å². The molecular weight excluding hydrogens is 304 g/mol. The molecule has 4 aromatic rings. The second-order valence-corrected chi connectivity index (χ2v) is 5.30. The molecule has 2 N–H and O–H groups in total. The quantitative estimate of drug-likeness (QED) is 0.603. The second kappa shape index (κ2) is 5.96. The molecule has 0 saturated carbocycles. The fourth-order valence-electron chi connectivity index (χ4n) is 2.52. The molecule has 0 radical (unpaired) electrons. The highest BCUT2D eigenvalue weighted by Gasteiger charge is 2.12. The van der Waals surface area contributed by atoms with Crippen LogP contribution in [0, 0.1) is 0 Å². The fourth-order valence-corrected chi connectivity index (χ4v) is 2.52. The highest BCUT2D eigenvalue weighted by molar-refractivity contribution is 6.06. The van der Waals surface area contributed by atoms with Crippen molar-refractivity contribution in [2.24, 2.45) is 0 Å². The maximum absolute atomic E-state index is 12.4. The Morgan fingerprint density at radius 3 is 3.00 bits per heavy atom. The van der Waals surface area contributed by atoms with Gasteiger partial charge in [-0.25, -0.2) is 4.68 Å². The van der Waals surface area contributed by atoms with Gasteiger partial charge in [0.05, 0.1) is 30.2 Å². The molecule has 7 nitrogen and oxygen atoms in total. The predicted molar refractivity (Wildman–Crippen MR) is 88.6 cm³/mol. The van der Waals surface area contributed by atoms with Crippen molar-refractivity contribution >= 4 is 16.8 Å². The predicted octanol–water partition coefficient (Wildman–Crippen LogP) is 2.07. The third kappa shape index (κ3) is 2.63. The zero-order valence-corrected chi connectivity index (χ0v) is 12.7. The first kappa shape index (κ1) is 14.1. The number of pyridine rings is 1. The Morgan fingerprint density at radius 2 is 2.12 bits per heavy atom. The van der Waals surface area contributed by atoms with Gasteiger partial charge in [-0.1, -0.05) is 23.4 Å². The van der Waals surface area contributed by atoms with Crippen LogP contribution in [-0.2, 0) is 6.54 Å². The summed E-state index contributed by atoms with van der Waals surface area (Å²) in [7, 11) is 0. The summed E-state index contributed by atoms with van der Waals surface area (Å²) in [5.74, 6) is -0.150.